The third kappa shape index (κ3) is 3.02. The molecular weight excluding hydrogens is 298 g/mol. The number of piperidine rings is 1. The summed E-state index contributed by atoms with van der Waals surface area (Å²) in [5.41, 5.74) is 5.32. The number of imidazole rings is 1. The molecule has 1 aliphatic heterocycles. The molecule has 4 heterocycles. The van der Waals surface area contributed by atoms with Crippen molar-refractivity contribution in [3.05, 3.63) is 48.7 Å². The van der Waals surface area contributed by atoms with Crippen LogP contribution in [0.15, 0.2) is 43.0 Å². The third-order valence-corrected chi connectivity index (χ3v) is 4.48. The molecule has 0 amide bonds. The van der Waals surface area contributed by atoms with Crippen LogP contribution >= 0.6 is 0 Å². The fourth-order valence-corrected chi connectivity index (χ4v) is 3.19. The molecule has 4 rings (SSSR count). The minimum atomic E-state index is 0.800. The zero-order chi connectivity index (χ0) is 16.4. The maximum Gasteiger partial charge on any atom is 0.156 e. The van der Waals surface area contributed by atoms with Crippen LogP contribution in [0.5, 0.6) is 0 Å². The van der Waals surface area contributed by atoms with Gasteiger partial charge in [0.25, 0.3) is 0 Å². The summed E-state index contributed by atoms with van der Waals surface area (Å²) in [6.45, 7) is 4.24. The van der Waals surface area contributed by atoms with Crippen LogP contribution in [0.3, 0.4) is 0 Å². The van der Waals surface area contributed by atoms with Gasteiger partial charge >= 0.3 is 0 Å². The molecule has 0 radical (unpaired) electrons. The Morgan fingerprint density at radius 3 is 2.62 bits per heavy atom. The summed E-state index contributed by atoms with van der Waals surface area (Å²) in [6.07, 6.45) is 11.4. The number of pyridine rings is 2. The summed E-state index contributed by atoms with van der Waals surface area (Å²) in [5, 5.41) is 0. The first kappa shape index (κ1) is 14.9. The Kier molecular flexibility index (Phi) is 3.99. The number of anilines is 1. The van der Waals surface area contributed by atoms with Crippen molar-refractivity contribution >= 4 is 5.69 Å². The fourth-order valence-electron chi connectivity index (χ4n) is 3.19. The average molecular weight is 319 g/mol. The predicted octanol–water partition coefficient (Wildman–Crippen LogP) is 3.83. The molecule has 0 atom stereocenters. The highest BCUT2D eigenvalue weighted by molar-refractivity contribution is 5.70. The molecule has 3 aromatic heterocycles. The Bertz CT molecular complexity index is 833. The minimum Gasteiger partial charge on any atom is -0.370 e. The van der Waals surface area contributed by atoms with Gasteiger partial charge in [-0.3, -0.25) is 9.97 Å². The highest BCUT2D eigenvalue weighted by atomic mass is 15.1. The molecule has 0 bridgehead atoms. The lowest BCUT2D eigenvalue weighted by Gasteiger charge is -2.28. The Morgan fingerprint density at radius 1 is 0.958 bits per heavy atom. The molecule has 122 valence electrons. The van der Waals surface area contributed by atoms with Gasteiger partial charge in [0.2, 0.25) is 0 Å². The first-order valence-corrected chi connectivity index (χ1v) is 8.48. The van der Waals surface area contributed by atoms with Gasteiger partial charge < -0.3 is 9.88 Å². The van der Waals surface area contributed by atoms with Gasteiger partial charge in [0.1, 0.15) is 5.69 Å². The molecule has 24 heavy (non-hydrogen) atoms. The number of aromatic nitrogens is 4. The van der Waals surface area contributed by atoms with Gasteiger partial charge in [0, 0.05) is 42.9 Å². The van der Waals surface area contributed by atoms with Crippen LogP contribution in [0.25, 0.3) is 22.6 Å². The molecule has 1 saturated heterocycles. The third-order valence-electron chi connectivity index (χ3n) is 4.48. The highest BCUT2D eigenvalue weighted by Crippen LogP contribution is 2.27. The number of hydrogen-bond donors (Lipinski definition) is 1. The second-order valence-electron chi connectivity index (χ2n) is 6.32. The molecule has 5 heteroatoms. The molecule has 1 N–H and O–H groups in total. The van der Waals surface area contributed by atoms with Crippen LogP contribution in [0, 0.1) is 6.92 Å². The van der Waals surface area contributed by atoms with Crippen molar-refractivity contribution in [2.24, 2.45) is 0 Å². The molecule has 0 unspecified atom stereocenters. The Morgan fingerprint density at radius 2 is 1.83 bits per heavy atom. The van der Waals surface area contributed by atoms with Crippen LogP contribution in [0.2, 0.25) is 0 Å². The van der Waals surface area contributed by atoms with E-state index in [0.29, 0.717) is 0 Å². The lowest BCUT2D eigenvalue weighted by Crippen LogP contribution is -2.29. The van der Waals surface area contributed by atoms with Gasteiger partial charge in [0.05, 0.1) is 11.9 Å². The first-order valence-electron chi connectivity index (χ1n) is 8.48. The van der Waals surface area contributed by atoms with Crippen molar-refractivity contribution < 1.29 is 0 Å². The van der Waals surface area contributed by atoms with Crippen LogP contribution in [0.1, 0.15) is 25.0 Å². The summed E-state index contributed by atoms with van der Waals surface area (Å²) in [7, 11) is 0. The van der Waals surface area contributed by atoms with E-state index in [4.69, 9.17) is 0 Å². The number of nitrogens with zero attached hydrogens (tertiary/aromatic N) is 4. The van der Waals surface area contributed by atoms with Gasteiger partial charge in [-0.05, 0) is 49.9 Å². The lowest BCUT2D eigenvalue weighted by molar-refractivity contribution is 0.577. The van der Waals surface area contributed by atoms with E-state index in [-0.39, 0.29) is 0 Å². The highest BCUT2D eigenvalue weighted by Gasteiger charge is 2.12. The first-order chi connectivity index (χ1) is 11.8. The van der Waals surface area contributed by atoms with E-state index in [0.717, 1.165) is 41.4 Å². The van der Waals surface area contributed by atoms with E-state index in [1.165, 1.54) is 24.9 Å². The molecule has 3 aromatic rings. The molecule has 5 nitrogen and oxygen atoms in total. The van der Waals surface area contributed by atoms with E-state index >= 15 is 0 Å². The monoisotopic (exact) mass is 319 g/mol. The van der Waals surface area contributed by atoms with Crippen molar-refractivity contribution in [1.82, 2.24) is 19.9 Å². The summed E-state index contributed by atoms with van der Waals surface area (Å²) < 4.78 is 0. The maximum absolute atomic E-state index is 4.46. The van der Waals surface area contributed by atoms with Crippen LogP contribution < -0.4 is 4.90 Å². The van der Waals surface area contributed by atoms with Gasteiger partial charge in [-0.15, -0.1) is 0 Å². The normalized spacial score (nSPS) is 14.8. The number of rotatable bonds is 3. The molecular formula is C19H21N5. The van der Waals surface area contributed by atoms with Crippen LogP contribution in [-0.2, 0) is 0 Å². The Balaban J connectivity index is 1.66. The summed E-state index contributed by atoms with van der Waals surface area (Å²) >= 11 is 0. The smallest absolute Gasteiger partial charge is 0.156 e. The Hall–Kier alpha value is -2.69. The van der Waals surface area contributed by atoms with Crippen LogP contribution in [0.4, 0.5) is 5.69 Å². The van der Waals surface area contributed by atoms with Gasteiger partial charge in [-0.2, -0.15) is 0 Å². The predicted molar refractivity (Wildman–Crippen MR) is 95.9 cm³/mol. The average Bonchev–Trinajstić information content (AvgIpc) is 3.09. The lowest BCUT2D eigenvalue weighted by atomic mass is 10.1. The number of H-pyrrole nitrogens is 1. The van der Waals surface area contributed by atoms with Crippen molar-refractivity contribution in [2.75, 3.05) is 18.0 Å². The SMILES string of the molecule is Cc1cnc(-c2cc(-c3cncc(N4CCCCC4)c3)ccn2)[nH]1. The standard InChI is InChI=1S/C19H21N5/c1-14-11-22-19(23-14)18-10-15(5-6-21-18)16-9-17(13-20-12-16)24-7-3-2-4-8-24/h5-6,9-13H,2-4,7-8H2,1H3,(H,22,23). The van der Waals surface area contributed by atoms with E-state index < -0.39 is 0 Å². The van der Waals surface area contributed by atoms with E-state index in [9.17, 15) is 0 Å². The second-order valence-corrected chi connectivity index (χ2v) is 6.32. The van der Waals surface area contributed by atoms with Crippen molar-refractivity contribution in [3.8, 4) is 22.6 Å². The molecule has 0 saturated carbocycles. The summed E-state index contributed by atoms with van der Waals surface area (Å²) in [5.74, 6) is 0.800. The second kappa shape index (κ2) is 6.43. The van der Waals surface area contributed by atoms with Gasteiger partial charge in [-0.25, -0.2) is 4.98 Å². The molecule has 0 spiro atoms. The van der Waals surface area contributed by atoms with Crippen molar-refractivity contribution in [1.29, 1.82) is 0 Å². The van der Waals surface area contributed by atoms with Crippen molar-refractivity contribution in [2.45, 2.75) is 26.2 Å². The largest absolute Gasteiger partial charge is 0.370 e. The van der Waals surface area contributed by atoms with E-state index in [1.807, 2.05) is 37.8 Å². The fraction of sp³-hybridized carbons (Fsp3) is 0.316. The van der Waals surface area contributed by atoms with Gasteiger partial charge in [0.15, 0.2) is 5.82 Å². The zero-order valence-electron chi connectivity index (χ0n) is 13.9. The number of hydrogen-bond acceptors (Lipinski definition) is 4. The summed E-state index contributed by atoms with van der Waals surface area (Å²) in [6, 6.07) is 6.32. The topological polar surface area (TPSA) is 57.7 Å². The zero-order valence-corrected chi connectivity index (χ0v) is 13.9. The molecule has 1 aliphatic rings. The van der Waals surface area contributed by atoms with Crippen LogP contribution in [-0.4, -0.2) is 33.0 Å². The minimum absolute atomic E-state index is 0.800. The van der Waals surface area contributed by atoms with E-state index in [2.05, 4.69) is 37.0 Å². The molecule has 0 aliphatic carbocycles. The maximum atomic E-state index is 4.46. The van der Waals surface area contributed by atoms with E-state index in [1.54, 1.807) is 0 Å². The summed E-state index contributed by atoms with van der Waals surface area (Å²) in [4.78, 5) is 18.9. The van der Waals surface area contributed by atoms with Gasteiger partial charge in [-0.1, -0.05) is 0 Å². The van der Waals surface area contributed by atoms with Crippen molar-refractivity contribution in [3.63, 3.8) is 0 Å². The molecule has 1 fully saturated rings. The number of nitrogens with one attached hydrogen (secondary N) is 1. The Labute approximate surface area is 141 Å². The quantitative estimate of drug-likeness (QED) is 0.797. The number of aryl methyl sites for hydroxylation is 1. The molecule has 0 aromatic carbocycles. The number of aromatic amines is 1.